The summed E-state index contributed by atoms with van der Waals surface area (Å²) in [5.41, 5.74) is 1.03. The summed E-state index contributed by atoms with van der Waals surface area (Å²) in [6.07, 6.45) is 1.79. The number of hydrogen-bond acceptors (Lipinski definition) is 4. The molecule has 0 aliphatic carbocycles. The first kappa shape index (κ1) is 18.3. The Labute approximate surface area is 165 Å². The lowest BCUT2D eigenvalue weighted by Gasteiger charge is -2.22. The highest BCUT2D eigenvalue weighted by molar-refractivity contribution is 7.99. The van der Waals surface area contributed by atoms with Crippen LogP contribution in [0.25, 0.3) is 0 Å². The fraction of sp³-hybridized carbons (Fsp3) is 0.143. The number of thioether (sulfide) groups is 1. The Kier molecular flexibility index (Phi) is 5.16. The van der Waals surface area contributed by atoms with E-state index in [0.717, 1.165) is 10.7 Å². The number of rotatable bonds is 4. The Morgan fingerprint density at radius 2 is 2.04 bits per heavy atom. The van der Waals surface area contributed by atoms with Crippen LogP contribution >= 0.6 is 11.8 Å². The molecule has 3 aromatic rings. The van der Waals surface area contributed by atoms with Crippen molar-refractivity contribution in [1.29, 1.82) is 0 Å². The normalized spacial score (nSPS) is 16.4. The third kappa shape index (κ3) is 3.94. The first-order valence-corrected chi connectivity index (χ1v) is 9.63. The predicted octanol–water partition coefficient (Wildman–Crippen LogP) is 4.63. The number of carbonyl (C=O) groups excluding carboxylic acids is 2. The van der Waals surface area contributed by atoms with Gasteiger partial charge in [0.05, 0.1) is 17.2 Å². The standard InChI is InChI=1S/C21H17FN2O3S/c22-14-5-3-6-15(11-14)23-20(25)13-24-16-7-1-2-9-18(16)28-19(12-21(24)26)17-8-4-10-27-17/h1-11,19H,12-13H2,(H,23,25)/t19-/m1/s1. The molecule has 7 heteroatoms. The van der Waals surface area contributed by atoms with Gasteiger partial charge in [0, 0.05) is 17.0 Å². The molecule has 1 N–H and O–H groups in total. The van der Waals surface area contributed by atoms with Gasteiger partial charge in [-0.2, -0.15) is 0 Å². The maximum Gasteiger partial charge on any atom is 0.244 e. The number of halogens is 1. The van der Waals surface area contributed by atoms with Crippen molar-refractivity contribution in [2.24, 2.45) is 0 Å². The number of fused-ring (bicyclic) bond motifs is 1. The average molecular weight is 396 g/mol. The van der Waals surface area contributed by atoms with Gasteiger partial charge >= 0.3 is 0 Å². The molecule has 1 aromatic heterocycles. The van der Waals surface area contributed by atoms with Gasteiger partial charge in [-0.25, -0.2) is 4.39 Å². The van der Waals surface area contributed by atoms with Crippen molar-refractivity contribution in [1.82, 2.24) is 0 Å². The van der Waals surface area contributed by atoms with Crippen LogP contribution in [0.15, 0.2) is 76.2 Å². The molecule has 0 bridgehead atoms. The van der Waals surface area contributed by atoms with E-state index in [-0.39, 0.29) is 24.1 Å². The summed E-state index contributed by atoms with van der Waals surface area (Å²) in [7, 11) is 0. The summed E-state index contributed by atoms with van der Waals surface area (Å²) in [6.45, 7) is -0.155. The molecule has 0 saturated heterocycles. The molecule has 1 aliphatic rings. The number of hydrogen-bond donors (Lipinski definition) is 1. The van der Waals surface area contributed by atoms with Gasteiger partial charge in [0.1, 0.15) is 18.1 Å². The number of benzene rings is 2. The van der Waals surface area contributed by atoms with Crippen LogP contribution in [-0.4, -0.2) is 18.4 Å². The van der Waals surface area contributed by atoms with Crippen LogP contribution in [0.2, 0.25) is 0 Å². The number of para-hydroxylation sites is 1. The van der Waals surface area contributed by atoms with Crippen molar-refractivity contribution in [2.75, 3.05) is 16.8 Å². The van der Waals surface area contributed by atoms with Crippen LogP contribution in [-0.2, 0) is 9.59 Å². The van der Waals surface area contributed by atoms with E-state index in [1.54, 1.807) is 18.4 Å². The summed E-state index contributed by atoms with van der Waals surface area (Å²) >= 11 is 1.54. The average Bonchev–Trinajstić information content (AvgIpc) is 3.16. The fourth-order valence-corrected chi connectivity index (χ4v) is 4.33. The number of nitrogens with one attached hydrogen (secondary N) is 1. The van der Waals surface area contributed by atoms with Gasteiger partial charge in [-0.05, 0) is 42.5 Å². The molecule has 0 fully saturated rings. The minimum Gasteiger partial charge on any atom is -0.468 e. The lowest BCUT2D eigenvalue weighted by atomic mass is 10.2. The largest absolute Gasteiger partial charge is 0.468 e. The second kappa shape index (κ2) is 7.90. The lowest BCUT2D eigenvalue weighted by Crippen LogP contribution is -2.38. The van der Waals surface area contributed by atoms with Crippen molar-refractivity contribution in [3.8, 4) is 0 Å². The maximum absolute atomic E-state index is 13.3. The molecule has 0 saturated carbocycles. The van der Waals surface area contributed by atoms with E-state index in [1.807, 2.05) is 30.3 Å². The van der Waals surface area contributed by atoms with Crippen LogP contribution in [0.5, 0.6) is 0 Å². The minimum atomic E-state index is -0.438. The molecule has 0 spiro atoms. The molecule has 4 rings (SSSR count). The molecule has 2 aromatic carbocycles. The molecular weight excluding hydrogens is 379 g/mol. The topological polar surface area (TPSA) is 62.6 Å². The Hall–Kier alpha value is -3.06. The van der Waals surface area contributed by atoms with Crippen LogP contribution < -0.4 is 10.2 Å². The summed E-state index contributed by atoms with van der Waals surface area (Å²) < 4.78 is 18.8. The summed E-state index contributed by atoms with van der Waals surface area (Å²) in [4.78, 5) is 27.8. The highest BCUT2D eigenvalue weighted by atomic mass is 32.2. The molecule has 28 heavy (non-hydrogen) atoms. The highest BCUT2D eigenvalue weighted by Gasteiger charge is 2.31. The third-order valence-corrected chi connectivity index (χ3v) is 5.64. The summed E-state index contributed by atoms with van der Waals surface area (Å²) in [5.74, 6) is -0.283. The highest BCUT2D eigenvalue weighted by Crippen LogP contribution is 2.45. The van der Waals surface area contributed by atoms with Gasteiger partial charge < -0.3 is 14.6 Å². The van der Waals surface area contributed by atoms with Gasteiger partial charge in [-0.1, -0.05) is 18.2 Å². The van der Waals surface area contributed by atoms with E-state index in [1.165, 1.54) is 34.9 Å². The minimum absolute atomic E-state index is 0.155. The van der Waals surface area contributed by atoms with Crippen molar-refractivity contribution in [2.45, 2.75) is 16.6 Å². The van der Waals surface area contributed by atoms with Crippen LogP contribution in [0, 0.1) is 5.82 Å². The molecule has 2 heterocycles. The molecule has 1 aliphatic heterocycles. The number of furan rings is 1. The Morgan fingerprint density at radius 3 is 2.82 bits per heavy atom. The molecule has 0 radical (unpaired) electrons. The zero-order chi connectivity index (χ0) is 19.5. The third-order valence-electron chi connectivity index (χ3n) is 4.36. The van der Waals surface area contributed by atoms with E-state index in [9.17, 15) is 14.0 Å². The van der Waals surface area contributed by atoms with Crippen LogP contribution in [0.4, 0.5) is 15.8 Å². The monoisotopic (exact) mass is 396 g/mol. The van der Waals surface area contributed by atoms with Crippen molar-refractivity contribution < 1.29 is 18.4 Å². The van der Waals surface area contributed by atoms with Gasteiger partial charge in [-0.3, -0.25) is 9.59 Å². The predicted molar refractivity (Wildman–Crippen MR) is 106 cm³/mol. The smallest absolute Gasteiger partial charge is 0.244 e. The SMILES string of the molecule is O=C(CN1C(=O)C[C@H](c2ccco2)Sc2ccccc21)Nc1cccc(F)c1. The molecule has 0 unspecified atom stereocenters. The van der Waals surface area contributed by atoms with Crippen molar-refractivity contribution in [3.05, 3.63) is 78.5 Å². The van der Waals surface area contributed by atoms with Gasteiger partial charge in [-0.15, -0.1) is 11.8 Å². The van der Waals surface area contributed by atoms with E-state index in [2.05, 4.69) is 5.32 Å². The Morgan fingerprint density at radius 1 is 1.18 bits per heavy atom. The zero-order valence-corrected chi connectivity index (χ0v) is 15.6. The van der Waals surface area contributed by atoms with E-state index >= 15 is 0 Å². The Bertz CT molecular complexity index is 1010. The molecule has 2 amide bonds. The molecule has 5 nitrogen and oxygen atoms in total. The lowest BCUT2D eigenvalue weighted by molar-refractivity contribution is -0.121. The van der Waals surface area contributed by atoms with E-state index < -0.39 is 11.7 Å². The van der Waals surface area contributed by atoms with Crippen LogP contribution in [0.1, 0.15) is 17.4 Å². The second-order valence-electron chi connectivity index (χ2n) is 6.33. The summed E-state index contributed by atoms with van der Waals surface area (Å²) in [6, 6.07) is 16.8. The van der Waals surface area contributed by atoms with E-state index in [0.29, 0.717) is 11.4 Å². The maximum atomic E-state index is 13.3. The summed E-state index contributed by atoms with van der Waals surface area (Å²) in [5, 5.41) is 2.48. The zero-order valence-electron chi connectivity index (χ0n) is 14.8. The quantitative estimate of drug-likeness (QED) is 0.699. The number of anilines is 2. The number of carbonyl (C=O) groups is 2. The van der Waals surface area contributed by atoms with Gasteiger partial charge in [0.25, 0.3) is 0 Å². The van der Waals surface area contributed by atoms with Crippen molar-refractivity contribution in [3.63, 3.8) is 0 Å². The number of nitrogens with zero attached hydrogens (tertiary/aromatic N) is 1. The van der Waals surface area contributed by atoms with Gasteiger partial charge in [0.2, 0.25) is 11.8 Å². The fourth-order valence-electron chi connectivity index (χ4n) is 3.09. The first-order valence-electron chi connectivity index (χ1n) is 8.75. The molecule has 1 atom stereocenters. The van der Waals surface area contributed by atoms with E-state index in [4.69, 9.17) is 4.42 Å². The molecular formula is C21H17FN2O3S. The number of amides is 2. The second-order valence-corrected chi connectivity index (χ2v) is 7.58. The van der Waals surface area contributed by atoms with Crippen LogP contribution in [0.3, 0.4) is 0 Å². The molecule has 142 valence electrons. The first-order chi connectivity index (χ1) is 13.6. The van der Waals surface area contributed by atoms with Gasteiger partial charge in [0.15, 0.2) is 0 Å². The van der Waals surface area contributed by atoms with Crippen molar-refractivity contribution >= 4 is 35.0 Å². The Balaban J connectivity index is 1.58.